The minimum atomic E-state index is -4.51. The van der Waals surface area contributed by atoms with E-state index in [0.29, 0.717) is 35.4 Å². The maximum atomic E-state index is 13.1. The number of nitrogens with zero attached hydrogens (tertiary/aromatic N) is 5. The van der Waals surface area contributed by atoms with E-state index in [1.807, 2.05) is 0 Å². The molecule has 0 unspecified atom stereocenters. The number of rotatable bonds is 8. The molecule has 0 saturated carbocycles. The van der Waals surface area contributed by atoms with Gasteiger partial charge in [0.2, 0.25) is 0 Å². The number of fused-ring (bicyclic) bond motifs is 1. The zero-order valence-electron chi connectivity index (χ0n) is 16.1. The zero-order valence-corrected chi connectivity index (χ0v) is 16.9. The number of hydrogen-bond acceptors (Lipinski definition) is 6. The van der Waals surface area contributed by atoms with E-state index >= 15 is 0 Å². The average molecular weight is 453 g/mol. The topological polar surface area (TPSA) is 105 Å². The van der Waals surface area contributed by atoms with Gasteiger partial charge in [-0.2, -0.15) is 13.2 Å². The van der Waals surface area contributed by atoms with E-state index in [2.05, 4.69) is 25.3 Å². The monoisotopic (exact) mass is 452 g/mol. The highest BCUT2D eigenvalue weighted by atomic mass is 35.5. The van der Waals surface area contributed by atoms with Gasteiger partial charge in [0.15, 0.2) is 11.5 Å². The average Bonchev–Trinajstić information content (AvgIpc) is 2.74. The Kier molecular flexibility index (Phi) is 6.88. The van der Waals surface area contributed by atoms with E-state index < -0.39 is 11.7 Å². The first-order chi connectivity index (χ1) is 14.8. The number of hydrogen-bond donors (Lipinski definition) is 1. The molecule has 0 amide bonds. The van der Waals surface area contributed by atoms with Crippen molar-refractivity contribution in [2.24, 2.45) is 5.11 Å². The van der Waals surface area contributed by atoms with E-state index in [-0.39, 0.29) is 23.1 Å². The van der Waals surface area contributed by atoms with E-state index in [1.165, 1.54) is 19.5 Å². The molecule has 12 heteroatoms. The highest BCUT2D eigenvalue weighted by molar-refractivity contribution is 6.33. The molecule has 1 N–H and O–H groups in total. The highest BCUT2D eigenvalue weighted by Crippen LogP contribution is 2.37. The standard InChI is InChI=1S/C19H16ClF3N6O2/c1-30-16-8-12-14(9-17(16)31-6-2-5-27-29-24)25-10-26-18(12)28-15-7-11(19(21,22)23)3-4-13(15)20/h3-4,7-10H,2,5-6H2,1H3,(H,25,26,28). The molecule has 2 aromatic carbocycles. The summed E-state index contributed by atoms with van der Waals surface area (Å²) in [6.45, 7) is 0.581. The molecular weight excluding hydrogens is 437 g/mol. The first-order valence-corrected chi connectivity index (χ1v) is 9.31. The number of ether oxygens (including phenoxy) is 2. The van der Waals surface area contributed by atoms with Gasteiger partial charge in [-0.15, -0.1) is 0 Å². The van der Waals surface area contributed by atoms with Crippen molar-refractivity contribution in [3.63, 3.8) is 0 Å². The van der Waals surface area contributed by atoms with Crippen LogP contribution in [0.4, 0.5) is 24.7 Å². The lowest BCUT2D eigenvalue weighted by molar-refractivity contribution is -0.137. The van der Waals surface area contributed by atoms with Gasteiger partial charge >= 0.3 is 6.18 Å². The van der Waals surface area contributed by atoms with Gasteiger partial charge < -0.3 is 14.8 Å². The maximum Gasteiger partial charge on any atom is 0.416 e. The number of alkyl halides is 3. The van der Waals surface area contributed by atoms with Crippen LogP contribution in [-0.4, -0.2) is 30.2 Å². The maximum absolute atomic E-state index is 13.1. The summed E-state index contributed by atoms with van der Waals surface area (Å²) in [5.41, 5.74) is 7.99. The summed E-state index contributed by atoms with van der Waals surface area (Å²) in [6, 6.07) is 6.22. The molecule has 0 aliphatic carbocycles. The van der Waals surface area contributed by atoms with E-state index in [9.17, 15) is 13.2 Å². The molecule has 3 rings (SSSR count). The van der Waals surface area contributed by atoms with Gasteiger partial charge in [0, 0.05) is 22.9 Å². The molecule has 31 heavy (non-hydrogen) atoms. The Morgan fingerprint density at radius 1 is 1.19 bits per heavy atom. The second-order valence-electron chi connectivity index (χ2n) is 6.22. The van der Waals surface area contributed by atoms with Crippen LogP contribution in [0, 0.1) is 0 Å². The molecule has 0 fully saturated rings. The molecule has 162 valence electrons. The van der Waals surface area contributed by atoms with Crippen molar-refractivity contribution in [3.8, 4) is 11.5 Å². The van der Waals surface area contributed by atoms with Gasteiger partial charge in [-0.3, -0.25) is 0 Å². The summed E-state index contributed by atoms with van der Waals surface area (Å²) < 4.78 is 50.2. The van der Waals surface area contributed by atoms with Gasteiger partial charge in [-0.05, 0) is 36.2 Å². The third-order valence-electron chi connectivity index (χ3n) is 4.19. The van der Waals surface area contributed by atoms with Gasteiger partial charge in [0.25, 0.3) is 0 Å². The second kappa shape index (κ2) is 9.59. The fourth-order valence-electron chi connectivity index (χ4n) is 2.72. The minimum absolute atomic E-state index is 0.0498. The van der Waals surface area contributed by atoms with Crippen LogP contribution < -0.4 is 14.8 Å². The van der Waals surface area contributed by atoms with Crippen LogP contribution >= 0.6 is 11.6 Å². The lowest BCUT2D eigenvalue weighted by Crippen LogP contribution is -2.06. The van der Waals surface area contributed by atoms with E-state index in [1.54, 1.807) is 12.1 Å². The van der Waals surface area contributed by atoms with Crippen molar-refractivity contribution in [1.82, 2.24) is 9.97 Å². The van der Waals surface area contributed by atoms with Crippen molar-refractivity contribution in [3.05, 3.63) is 57.7 Å². The summed E-state index contributed by atoms with van der Waals surface area (Å²) >= 11 is 6.08. The number of anilines is 2. The van der Waals surface area contributed by atoms with Crippen LogP contribution in [0.1, 0.15) is 12.0 Å². The number of methoxy groups -OCH3 is 1. The van der Waals surface area contributed by atoms with Crippen molar-refractivity contribution in [2.75, 3.05) is 25.6 Å². The fourth-order valence-corrected chi connectivity index (χ4v) is 2.89. The molecule has 1 heterocycles. The molecule has 1 aromatic heterocycles. The first-order valence-electron chi connectivity index (χ1n) is 8.93. The van der Waals surface area contributed by atoms with Crippen LogP contribution in [0.15, 0.2) is 41.8 Å². The molecule has 0 saturated heterocycles. The lowest BCUT2D eigenvalue weighted by atomic mass is 10.1. The van der Waals surface area contributed by atoms with Crippen molar-refractivity contribution in [2.45, 2.75) is 12.6 Å². The van der Waals surface area contributed by atoms with Crippen LogP contribution in [0.5, 0.6) is 11.5 Å². The van der Waals surface area contributed by atoms with E-state index in [4.69, 9.17) is 26.6 Å². The summed E-state index contributed by atoms with van der Waals surface area (Å²) in [6.07, 6.45) is -2.73. The van der Waals surface area contributed by atoms with Gasteiger partial charge in [-0.25, -0.2) is 9.97 Å². The number of halogens is 4. The number of nitrogens with one attached hydrogen (secondary N) is 1. The minimum Gasteiger partial charge on any atom is -0.493 e. The third kappa shape index (κ3) is 5.39. The molecular formula is C19H16ClF3N6O2. The first kappa shape index (κ1) is 22.3. The Morgan fingerprint density at radius 3 is 2.71 bits per heavy atom. The fraction of sp³-hybridized carbons (Fsp3) is 0.263. The zero-order chi connectivity index (χ0) is 22.4. The van der Waals surface area contributed by atoms with Crippen molar-refractivity contribution < 1.29 is 22.6 Å². The van der Waals surface area contributed by atoms with Crippen LogP contribution in [0.25, 0.3) is 21.3 Å². The number of azide groups is 1. The second-order valence-corrected chi connectivity index (χ2v) is 6.62. The highest BCUT2D eigenvalue weighted by Gasteiger charge is 2.31. The number of benzene rings is 2. The molecule has 3 aromatic rings. The van der Waals surface area contributed by atoms with Gasteiger partial charge in [-0.1, -0.05) is 16.7 Å². The predicted molar refractivity (Wildman–Crippen MR) is 110 cm³/mol. The SMILES string of the molecule is COc1cc2c(Nc3cc(C(F)(F)F)ccc3Cl)ncnc2cc1OCCCN=[N+]=[N-]. The quantitative estimate of drug-likeness (QED) is 0.191. The molecule has 0 spiro atoms. The third-order valence-corrected chi connectivity index (χ3v) is 4.52. The largest absolute Gasteiger partial charge is 0.493 e. The Labute approximate surface area is 179 Å². The Hall–Kier alpha value is -3.43. The van der Waals surface area contributed by atoms with Crippen molar-refractivity contribution >= 4 is 34.0 Å². The van der Waals surface area contributed by atoms with Crippen LogP contribution in [0.3, 0.4) is 0 Å². The van der Waals surface area contributed by atoms with Crippen molar-refractivity contribution in [1.29, 1.82) is 0 Å². The summed E-state index contributed by atoms with van der Waals surface area (Å²) in [4.78, 5) is 11.0. The van der Waals surface area contributed by atoms with Crippen LogP contribution in [0.2, 0.25) is 5.02 Å². The number of aromatic nitrogens is 2. The molecule has 0 bridgehead atoms. The molecule has 0 radical (unpaired) electrons. The lowest BCUT2D eigenvalue weighted by Gasteiger charge is -2.15. The Balaban J connectivity index is 1.93. The molecule has 8 nitrogen and oxygen atoms in total. The van der Waals surface area contributed by atoms with E-state index in [0.717, 1.165) is 12.1 Å². The van der Waals surface area contributed by atoms with Gasteiger partial charge in [0.1, 0.15) is 12.1 Å². The Morgan fingerprint density at radius 2 is 2.00 bits per heavy atom. The smallest absolute Gasteiger partial charge is 0.416 e. The normalized spacial score (nSPS) is 11.1. The van der Waals surface area contributed by atoms with Gasteiger partial charge in [0.05, 0.1) is 35.5 Å². The molecule has 0 aliphatic rings. The summed E-state index contributed by atoms with van der Waals surface area (Å²) in [5, 5.41) is 6.87. The molecule has 0 atom stereocenters. The Bertz CT molecular complexity index is 1140. The summed E-state index contributed by atoms with van der Waals surface area (Å²) in [5.74, 6) is 1.04. The van der Waals surface area contributed by atoms with Crippen LogP contribution in [-0.2, 0) is 6.18 Å². The molecule has 0 aliphatic heterocycles. The summed E-state index contributed by atoms with van der Waals surface area (Å²) in [7, 11) is 1.45. The predicted octanol–water partition coefficient (Wildman–Crippen LogP) is 6.13.